The van der Waals surface area contributed by atoms with Gasteiger partial charge in [0, 0.05) is 5.88 Å². The van der Waals surface area contributed by atoms with E-state index in [0.717, 1.165) is 6.42 Å². The second-order valence-corrected chi connectivity index (χ2v) is 4.62. The van der Waals surface area contributed by atoms with Gasteiger partial charge in [0.05, 0.1) is 0 Å². The third-order valence-electron chi connectivity index (χ3n) is 3.24. The van der Waals surface area contributed by atoms with Crippen LogP contribution in [0.2, 0.25) is 0 Å². The monoisotopic (exact) mass is 240 g/mol. The van der Waals surface area contributed by atoms with Crippen LogP contribution in [0.3, 0.4) is 0 Å². The van der Waals surface area contributed by atoms with E-state index in [-0.39, 0.29) is 0 Å². The largest absolute Gasteiger partial charge is 0.126 e. The topological polar surface area (TPSA) is 0 Å². The Morgan fingerprint density at radius 2 is 1.53 bits per heavy atom. The quantitative estimate of drug-likeness (QED) is 0.447. The number of alkyl halides is 1. The molecule has 0 N–H and O–H groups in total. The molecule has 3 rings (SSSR count). The van der Waals surface area contributed by atoms with Crippen LogP contribution >= 0.6 is 11.6 Å². The Bertz CT molecular complexity index is 670. The number of fused-ring (bicyclic) bond motifs is 3. The van der Waals surface area contributed by atoms with Crippen molar-refractivity contribution in [3.63, 3.8) is 0 Å². The molecule has 0 aliphatic rings. The molecule has 0 aliphatic carbocycles. The standard InChI is InChI=1S/C16H13Cl/c17-11-10-13-5-3-7-16-14-6-2-1-4-12(14)8-9-15(13)16/h1-9H,10-11H2. The average molecular weight is 241 g/mol. The fraction of sp³-hybridized carbons (Fsp3) is 0.125. The van der Waals surface area contributed by atoms with E-state index in [0.29, 0.717) is 5.88 Å². The minimum atomic E-state index is 0.673. The molecule has 0 aromatic heterocycles. The molecule has 0 saturated carbocycles. The molecule has 0 bridgehead atoms. The van der Waals surface area contributed by atoms with Gasteiger partial charge in [0.25, 0.3) is 0 Å². The van der Waals surface area contributed by atoms with Crippen molar-refractivity contribution in [3.8, 4) is 0 Å². The van der Waals surface area contributed by atoms with Crippen molar-refractivity contribution in [2.45, 2.75) is 6.42 Å². The van der Waals surface area contributed by atoms with Gasteiger partial charge in [0.2, 0.25) is 0 Å². The minimum absolute atomic E-state index is 0.673. The molecule has 3 aromatic rings. The fourth-order valence-corrected chi connectivity index (χ4v) is 2.63. The molecule has 0 heterocycles. The lowest BCUT2D eigenvalue weighted by molar-refractivity contribution is 1.17. The molecule has 0 amide bonds. The predicted molar refractivity (Wildman–Crippen MR) is 75.9 cm³/mol. The van der Waals surface area contributed by atoms with Crippen molar-refractivity contribution >= 4 is 33.1 Å². The molecule has 0 atom stereocenters. The van der Waals surface area contributed by atoms with E-state index < -0.39 is 0 Å². The highest BCUT2D eigenvalue weighted by molar-refractivity contribution is 6.18. The van der Waals surface area contributed by atoms with Gasteiger partial charge in [0.15, 0.2) is 0 Å². The number of benzene rings is 3. The molecule has 0 nitrogen and oxygen atoms in total. The molecule has 0 fully saturated rings. The lowest BCUT2D eigenvalue weighted by Gasteiger charge is -2.08. The fourth-order valence-electron chi connectivity index (χ4n) is 2.43. The summed E-state index contributed by atoms with van der Waals surface area (Å²) < 4.78 is 0. The highest BCUT2D eigenvalue weighted by atomic mass is 35.5. The zero-order valence-corrected chi connectivity index (χ0v) is 10.2. The number of aryl methyl sites for hydroxylation is 1. The smallest absolute Gasteiger partial charge is 0.0264 e. The summed E-state index contributed by atoms with van der Waals surface area (Å²) in [6.07, 6.45) is 0.928. The number of hydrogen-bond acceptors (Lipinski definition) is 0. The van der Waals surface area contributed by atoms with Gasteiger partial charge in [-0.3, -0.25) is 0 Å². The third kappa shape index (κ3) is 1.79. The van der Waals surface area contributed by atoms with Crippen LogP contribution in [-0.2, 0) is 6.42 Å². The number of rotatable bonds is 2. The maximum atomic E-state index is 5.85. The summed E-state index contributed by atoms with van der Waals surface area (Å²) >= 11 is 5.85. The molecule has 0 spiro atoms. The Morgan fingerprint density at radius 3 is 2.41 bits per heavy atom. The van der Waals surface area contributed by atoms with Crippen LogP contribution in [0.4, 0.5) is 0 Å². The van der Waals surface area contributed by atoms with Gasteiger partial charge in [-0.15, -0.1) is 11.6 Å². The van der Waals surface area contributed by atoms with E-state index in [1.54, 1.807) is 0 Å². The van der Waals surface area contributed by atoms with E-state index >= 15 is 0 Å². The van der Waals surface area contributed by atoms with Crippen LogP contribution in [0.1, 0.15) is 5.56 Å². The van der Waals surface area contributed by atoms with Crippen LogP contribution < -0.4 is 0 Å². The second kappa shape index (κ2) is 4.38. The molecule has 0 saturated heterocycles. The normalized spacial score (nSPS) is 11.1. The molecule has 3 aromatic carbocycles. The van der Waals surface area contributed by atoms with Crippen molar-refractivity contribution < 1.29 is 0 Å². The first kappa shape index (κ1) is 10.6. The van der Waals surface area contributed by atoms with E-state index in [9.17, 15) is 0 Å². The first-order chi connectivity index (χ1) is 8.40. The van der Waals surface area contributed by atoms with Gasteiger partial charge in [-0.25, -0.2) is 0 Å². The third-order valence-corrected chi connectivity index (χ3v) is 3.43. The lowest BCUT2D eigenvalue weighted by atomic mass is 9.97. The van der Waals surface area contributed by atoms with Gasteiger partial charge in [-0.1, -0.05) is 54.6 Å². The zero-order chi connectivity index (χ0) is 11.7. The van der Waals surface area contributed by atoms with Crippen LogP contribution in [0.15, 0.2) is 54.6 Å². The molecule has 1 heteroatoms. The molecule has 17 heavy (non-hydrogen) atoms. The SMILES string of the molecule is ClCCc1cccc2c1ccc1ccccc12. The Hall–Kier alpha value is -1.53. The van der Waals surface area contributed by atoms with Crippen LogP contribution in [0.25, 0.3) is 21.5 Å². The Morgan fingerprint density at radius 1 is 0.706 bits per heavy atom. The Labute approximate surface area is 106 Å². The van der Waals surface area contributed by atoms with Crippen molar-refractivity contribution in [3.05, 3.63) is 60.2 Å². The number of hydrogen-bond donors (Lipinski definition) is 0. The molecular formula is C16H13Cl. The molecule has 84 valence electrons. The van der Waals surface area contributed by atoms with E-state index in [4.69, 9.17) is 11.6 Å². The van der Waals surface area contributed by atoms with Crippen molar-refractivity contribution in [1.82, 2.24) is 0 Å². The van der Waals surface area contributed by atoms with Crippen molar-refractivity contribution in [1.29, 1.82) is 0 Å². The summed E-state index contributed by atoms with van der Waals surface area (Å²) in [6.45, 7) is 0. The highest BCUT2D eigenvalue weighted by Crippen LogP contribution is 2.27. The average Bonchev–Trinajstić information content (AvgIpc) is 2.39. The molecular weight excluding hydrogens is 228 g/mol. The first-order valence-electron chi connectivity index (χ1n) is 5.85. The highest BCUT2D eigenvalue weighted by Gasteiger charge is 2.03. The summed E-state index contributed by atoms with van der Waals surface area (Å²) in [5.74, 6) is 0.673. The van der Waals surface area contributed by atoms with E-state index in [1.807, 2.05) is 0 Å². The maximum Gasteiger partial charge on any atom is 0.0264 e. The van der Waals surface area contributed by atoms with Crippen LogP contribution in [0.5, 0.6) is 0 Å². The molecule has 0 unspecified atom stereocenters. The van der Waals surface area contributed by atoms with Gasteiger partial charge < -0.3 is 0 Å². The summed E-state index contributed by atoms with van der Waals surface area (Å²) in [7, 11) is 0. The Kier molecular flexibility index (Phi) is 2.74. The van der Waals surface area contributed by atoms with Gasteiger partial charge in [-0.05, 0) is 33.5 Å². The second-order valence-electron chi connectivity index (χ2n) is 4.24. The maximum absolute atomic E-state index is 5.85. The Balaban J connectivity index is 2.40. The summed E-state index contributed by atoms with van der Waals surface area (Å²) in [5, 5.41) is 5.27. The molecule has 0 radical (unpaired) electrons. The zero-order valence-electron chi connectivity index (χ0n) is 9.49. The van der Waals surface area contributed by atoms with Gasteiger partial charge >= 0.3 is 0 Å². The lowest BCUT2D eigenvalue weighted by Crippen LogP contribution is -1.88. The van der Waals surface area contributed by atoms with Crippen molar-refractivity contribution in [2.75, 3.05) is 5.88 Å². The van der Waals surface area contributed by atoms with Crippen LogP contribution in [0, 0.1) is 0 Å². The summed E-state index contributed by atoms with van der Waals surface area (Å²) in [4.78, 5) is 0. The number of halogens is 1. The van der Waals surface area contributed by atoms with Crippen LogP contribution in [-0.4, -0.2) is 5.88 Å². The van der Waals surface area contributed by atoms with Gasteiger partial charge in [-0.2, -0.15) is 0 Å². The predicted octanol–water partition coefficient (Wildman–Crippen LogP) is 4.77. The van der Waals surface area contributed by atoms with E-state index in [1.165, 1.54) is 27.1 Å². The van der Waals surface area contributed by atoms with E-state index in [2.05, 4.69) is 54.6 Å². The first-order valence-corrected chi connectivity index (χ1v) is 6.39. The van der Waals surface area contributed by atoms with Gasteiger partial charge in [0.1, 0.15) is 0 Å². The summed E-state index contributed by atoms with van der Waals surface area (Å²) in [6, 6.07) is 19.4. The minimum Gasteiger partial charge on any atom is -0.126 e. The molecule has 0 aliphatic heterocycles. The van der Waals surface area contributed by atoms with Crippen molar-refractivity contribution in [2.24, 2.45) is 0 Å². The summed E-state index contributed by atoms with van der Waals surface area (Å²) in [5.41, 5.74) is 1.34.